The molecule has 3 aromatic carbocycles. The summed E-state index contributed by atoms with van der Waals surface area (Å²) in [4.78, 5) is 28.0. The molecule has 3 aromatic rings. The van der Waals surface area contributed by atoms with Gasteiger partial charge in [-0.3, -0.25) is 9.59 Å². The van der Waals surface area contributed by atoms with E-state index in [0.717, 1.165) is 17.7 Å². The van der Waals surface area contributed by atoms with Crippen LogP contribution in [0.5, 0.6) is 0 Å². The molecule has 152 valence electrons. The van der Waals surface area contributed by atoms with E-state index in [-0.39, 0.29) is 18.4 Å². The van der Waals surface area contributed by atoms with Crippen molar-refractivity contribution in [3.63, 3.8) is 0 Å². The van der Waals surface area contributed by atoms with Crippen LogP contribution in [-0.4, -0.2) is 29.8 Å². The molecule has 1 heterocycles. The molecule has 0 saturated heterocycles. The molecule has 0 aromatic heterocycles. The summed E-state index contributed by atoms with van der Waals surface area (Å²) in [5.41, 5.74) is 4.22. The first-order valence-electron chi connectivity index (χ1n) is 10.1. The molecule has 0 saturated carbocycles. The highest BCUT2D eigenvalue weighted by Crippen LogP contribution is 2.22. The van der Waals surface area contributed by atoms with E-state index < -0.39 is 0 Å². The fourth-order valence-electron chi connectivity index (χ4n) is 3.51. The number of hydrogen-bond acceptors (Lipinski definition) is 3. The van der Waals surface area contributed by atoms with E-state index in [0.29, 0.717) is 18.7 Å². The Hall–Kier alpha value is -3.05. The van der Waals surface area contributed by atoms with Crippen molar-refractivity contribution in [2.24, 2.45) is 0 Å². The van der Waals surface area contributed by atoms with Gasteiger partial charge in [-0.25, -0.2) is 0 Å². The van der Waals surface area contributed by atoms with E-state index in [1.807, 2.05) is 59.5 Å². The van der Waals surface area contributed by atoms with E-state index in [9.17, 15) is 9.59 Å². The summed E-state index contributed by atoms with van der Waals surface area (Å²) in [6, 6.07) is 26.0. The predicted molar refractivity (Wildman–Crippen MR) is 120 cm³/mol. The van der Waals surface area contributed by atoms with Crippen LogP contribution in [0.15, 0.2) is 83.8 Å². The van der Waals surface area contributed by atoms with Gasteiger partial charge in [0.2, 0.25) is 5.91 Å². The van der Waals surface area contributed by atoms with Crippen LogP contribution in [0, 0.1) is 0 Å². The van der Waals surface area contributed by atoms with E-state index in [2.05, 4.69) is 29.6 Å². The fourth-order valence-corrected chi connectivity index (χ4v) is 4.39. The molecule has 0 atom stereocenters. The Bertz CT molecular complexity index is 1020. The summed E-state index contributed by atoms with van der Waals surface area (Å²) < 4.78 is 0. The minimum Gasteiger partial charge on any atom is -0.343 e. The number of thioether (sulfide) groups is 1. The van der Waals surface area contributed by atoms with Gasteiger partial charge in [-0.1, -0.05) is 54.6 Å². The molecule has 30 heavy (non-hydrogen) atoms. The molecule has 0 unspecified atom stereocenters. The third-order valence-corrected chi connectivity index (χ3v) is 6.33. The smallest absolute Gasteiger partial charge is 0.251 e. The minimum absolute atomic E-state index is 0.0204. The number of carbonyl (C=O) groups is 2. The van der Waals surface area contributed by atoms with Crippen LogP contribution in [-0.2, 0) is 23.5 Å². The third-order valence-electron chi connectivity index (χ3n) is 5.25. The van der Waals surface area contributed by atoms with Crippen molar-refractivity contribution in [3.05, 3.63) is 101 Å². The maximum Gasteiger partial charge on any atom is 0.251 e. The second kappa shape index (κ2) is 9.63. The third kappa shape index (κ3) is 5.10. The van der Waals surface area contributed by atoms with Gasteiger partial charge in [0.05, 0.1) is 6.54 Å². The number of amides is 2. The van der Waals surface area contributed by atoms with Gasteiger partial charge >= 0.3 is 0 Å². The summed E-state index contributed by atoms with van der Waals surface area (Å²) >= 11 is 1.76. The highest BCUT2D eigenvalue weighted by molar-refractivity contribution is 7.98. The van der Waals surface area contributed by atoms with Gasteiger partial charge in [0, 0.05) is 29.3 Å². The molecule has 0 radical (unpaired) electrons. The zero-order chi connectivity index (χ0) is 20.8. The van der Waals surface area contributed by atoms with Crippen LogP contribution in [0.2, 0.25) is 0 Å². The highest BCUT2D eigenvalue weighted by atomic mass is 32.2. The first-order valence-corrected chi connectivity index (χ1v) is 11.1. The molecule has 2 amide bonds. The Balaban J connectivity index is 1.26. The van der Waals surface area contributed by atoms with Crippen molar-refractivity contribution in [1.82, 2.24) is 10.2 Å². The molecule has 0 bridgehead atoms. The highest BCUT2D eigenvalue weighted by Gasteiger charge is 2.20. The number of carbonyl (C=O) groups excluding carboxylic acids is 2. The molecule has 4 nitrogen and oxygen atoms in total. The molecular weight excluding hydrogens is 392 g/mol. The van der Waals surface area contributed by atoms with Crippen molar-refractivity contribution in [2.45, 2.75) is 23.6 Å². The maximum absolute atomic E-state index is 12.5. The van der Waals surface area contributed by atoms with Crippen LogP contribution < -0.4 is 5.32 Å². The van der Waals surface area contributed by atoms with Crippen LogP contribution in [0.4, 0.5) is 0 Å². The minimum atomic E-state index is -0.219. The molecule has 0 spiro atoms. The van der Waals surface area contributed by atoms with Gasteiger partial charge in [0.15, 0.2) is 0 Å². The van der Waals surface area contributed by atoms with Crippen LogP contribution >= 0.6 is 11.8 Å². The average molecular weight is 417 g/mol. The van der Waals surface area contributed by atoms with Crippen LogP contribution in [0.1, 0.15) is 27.0 Å². The van der Waals surface area contributed by atoms with E-state index in [4.69, 9.17) is 0 Å². The molecule has 0 aliphatic carbocycles. The molecule has 1 aliphatic rings. The van der Waals surface area contributed by atoms with Crippen LogP contribution in [0.3, 0.4) is 0 Å². The zero-order valence-electron chi connectivity index (χ0n) is 16.7. The summed E-state index contributed by atoms with van der Waals surface area (Å²) in [6.45, 7) is 1.32. The Morgan fingerprint density at radius 2 is 1.57 bits per heavy atom. The Kier molecular flexibility index (Phi) is 6.50. The monoisotopic (exact) mass is 416 g/mol. The molecule has 0 fully saturated rings. The molecule has 1 N–H and O–H groups in total. The summed E-state index contributed by atoms with van der Waals surface area (Å²) in [6.07, 6.45) is 0.859. The van der Waals surface area contributed by atoms with E-state index in [1.165, 1.54) is 16.0 Å². The lowest BCUT2D eigenvalue weighted by Gasteiger charge is -2.29. The molecule has 5 heteroatoms. The van der Waals surface area contributed by atoms with Crippen molar-refractivity contribution in [1.29, 1.82) is 0 Å². The van der Waals surface area contributed by atoms with E-state index in [1.54, 1.807) is 11.8 Å². The largest absolute Gasteiger partial charge is 0.343 e. The van der Waals surface area contributed by atoms with Gasteiger partial charge < -0.3 is 10.2 Å². The number of fused-ring (bicyclic) bond motifs is 1. The first kappa shape index (κ1) is 20.2. The standard InChI is InChI=1S/C25H24N2O2S/c28-24(27-15-14-20-6-4-5-7-22(20)17-27)16-26-25(29)21-12-10-19(11-13-21)18-30-23-8-2-1-3-9-23/h1-13H,14-18H2,(H,26,29). The van der Waals surface area contributed by atoms with E-state index >= 15 is 0 Å². The lowest BCUT2D eigenvalue weighted by atomic mass is 10.00. The Labute approximate surface area is 181 Å². The molecule has 1 aliphatic heterocycles. The average Bonchev–Trinajstić information content (AvgIpc) is 2.81. The van der Waals surface area contributed by atoms with Gasteiger partial charge in [-0.2, -0.15) is 0 Å². The number of hydrogen-bond donors (Lipinski definition) is 1. The van der Waals surface area contributed by atoms with Gasteiger partial charge in [0.1, 0.15) is 0 Å². The van der Waals surface area contributed by atoms with Crippen molar-refractivity contribution in [2.75, 3.05) is 13.1 Å². The maximum atomic E-state index is 12.5. The summed E-state index contributed by atoms with van der Waals surface area (Å²) in [7, 11) is 0. The second-order valence-corrected chi connectivity index (χ2v) is 8.36. The quantitative estimate of drug-likeness (QED) is 0.610. The summed E-state index contributed by atoms with van der Waals surface area (Å²) in [5, 5.41) is 2.76. The van der Waals surface area contributed by atoms with Crippen molar-refractivity contribution >= 4 is 23.6 Å². The van der Waals surface area contributed by atoms with Gasteiger partial charge in [0.25, 0.3) is 5.91 Å². The number of rotatable bonds is 6. The summed E-state index contributed by atoms with van der Waals surface area (Å²) in [5.74, 6) is 0.581. The number of nitrogens with one attached hydrogen (secondary N) is 1. The lowest BCUT2D eigenvalue weighted by Crippen LogP contribution is -2.42. The Morgan fingerprint density at radius 3 is 2.33 bits per heavy atom. The molecular formula is C25H24N2O2S. The normalized spacial score (nSPS) is 12.9. The number of benzene rings is 3. The number of nitrogens with zero attached hydrogens (tertiary/aromatic N) is 1. The first-order chi connectivity index (χ1) is 14.7. The Morgan fingerprint density at radius 1 is 0.867 bits per heavy atom. The fraction of sp³-hybridized carbons (Fsp3) is 0.200. The van der Waals surface area contributed by atoms with Gasteiger partial charge in [-0.05, 0) is 47.4 Å². The van der Waals surface area contributed by atoms with Crippen LogP contribution in [0.25, 0.3) is 0 Å². The SMILES string of the molecule is O=C(NCC(=O)N1CCc2ccccc2C1)c1ccc(CSc2ccccc2)cc1. The van der Waals surface area contributed by atoms with Crippen molar-refractivity contribution in [3.8, 4) is 0 Å². The topological polar surface area (TPSA) is 49.4 Å². The predicted octanol–water partition coefficient (Wildman–Crippen LogP) is 4.29. The lowest BCUT2D eigenvalue weighted by molar-refractivity contribution is -0.131. The second-order valence-electron chi connectivity index (χ2n) is 7.32. The zero-order valence-corrected chi connectivity index (χ0v) is 17.5. The van der Waals surface area contributed by atoms with Gasteiger partial charge in [-0.15, -0.1) is 11.8 Å². The molecule has 4 rings (SSSR count). The van der Waals surface area contributed by atoms with Crippen molar-refractivity contribution < 1.29 is 9.59 Å².